The van der Waals surface area contributed by atoms with Gasteiger partial charge in [-0.3, -0.25) is 15.1 Å². The highest BCUT2D eigenvalue weighted by Crippen LogP contribution is 2.33. The van der Waals surface area contributed by atoms with Crippen molar-refractivity contribution in [1.82, 2.24) is 30.8 Å². The molecule has 0 bridgehead atoms. The van der Waals surface area contributed by atoms with Crippen LogP contribution in [0.15, 0.2) is 59.9 Å². The zero-order valence-corrected chi connectivity index (χ0v) is 24.9. The normalized spacial score (nSPS) is 22.5. The number of halogens is 2. The molecule has 43 heavy (non-hydrogen) atoms. The van der Waals surface area contributed by atoms with Crippen molar-refractivity contribution in [2.75, 3.05) is 19.0 Å². The Bertz CT molecular complexity index is 1490. The summed E-state index contributed by atoms with van der Waals surface area (Å²) < 4.78 is 6.13. The van der Waals surface area contributed by atoms with E-state index < -0.39 is 17.1 Å². The Morgan fingerprint density at radius 2 is 1.98 bits per heavy atom. The number of carbonyl (C=O) groups is 2. The number of aliphatic hydroxyl groups excluding tert-OH is 1. The highest BCUT2D eigenvalue weighted by molar-refractivity contribution is 6.30. The maximum absolute atomic E-state index is 13.3. The summed E-state index contributed by atoms with van der Waals surface area (Å²) in [6, 6.07) is 11.8. The lowest BCUT2D eigenvalue weighted by atomic mass is 9.83. The molecule has 2 atom stereocenters. The zero-order valence-electron chi connectivity index (χ0n) is 23.4. The molecule has 226 valence electrons. The molecule has 1 unspecified atom stereocenters. The monoisotopic (exact) mass is 626 g/mol. The van der Waals surface area contributed by atoms with Crippen molar-refractivity contribution in [2.45, 2.75) is 49.2 Å². The van der Waals surface area contributed by atoms with Crippen molar-refractivity contribution in [3.63, 3.8) is 0 Å². The van der Waals surface area contributed by atoms with Crippen LogP contribution in [0.5, 0.6) is 0 Å². The molecule has 0 spiro atoms. The van der Waals surface area contributed by atoms with Crippen molar-refractivity contribution in [3.05, 3.63) is 71.0 Å². The van der Waals surface area contributed by atoms with E-state index >= 15 is 0 Å². The zero-order chi connectivity index (χ0) is 30.4. The van der Waals surface area contributed by atoms with Crippen molar-refractivity contribution in [3.8, 4) is 5.69 Å². The number of methoxy groups -OCH3 is 1. The molecule has 5 rings (SSSR count). The summed E-state index contributed by atoms with van der Waals surface area (Å²) in [6.45, 7) is 0.247. The maximum Gasteiger partial charge on any atom is 0.411 e. The number of tetrazole rings is 1. The van der Waals surface area contributed by atoms with Crippen molar-refractivity contribution >= 4 is 52.8 Å². The fourth-order valence-corrected chi connectivity index (χ4v) is 5.76. The molecule has 1 saturated carbocycles. The van der Waals surface area contributed by atoms with Crippen LogP contribution < -0.4 is 16.0 Å². The van der Waals surface area contributed by atoms with E-state index in [4.69, 9.17) is 28.2 Å². The van der Waals surface area contributed by atoms with Gasteiger partial charge in [-0.2, -0.15) is 4.68 Å². The van der Waals surface area contributed by atoms with Gasteiger partial charge in [0.2, 0.25) is 5.91 Å². The number of rotatable bonds is 9. The Hall–Kier alpha value is -4.00. The second-order valence-corrected chi connectivity index (χ2v) is 11.7. The van der Waals surface area contributed by atoms with E-state index in [0.29, 0.717) is 40.1 Å². The maximum atomic E-state index is 13.3. The Morgan fingerprint density at radius 1 is 1.21 bits per heavy atom. The summed E-state index contributed by atoms with van der Waals surface area (Å²) in [4.78, 5) is 28.5. The molecule has 2 aromatic carbocycles. The van der Waals surface area contributed by atoms with Gasteiger partial charge < -0.3 is 20.5 Å². The topological polar surface area (TPSA) is 156 Å². The van der Waals surface area contributed by atoms with E-state index in [1.54, 1.807) is 48.5 Å². The first kappa shape index (κ1) is 30.5. The van der Waals surface area contributed by atoms with E-state index in [2.05, 4.69) is 36.2 Å². The predicted molar refractivity (Wildman–Crippen MR) is 163 cm³/mol. The van der Waals surface area contributed by atoms with Gasteiger partial charge in [-0.1, -0.05) is 35.3 Å². The standard InChI is InChI=1S/C29H32Cl2N8O4/c1-43-28(42)34-22-8-5-20(6-9-22)29(31)16-32-27(36-29)24(14-18-2-10-23(40)11-3-18)35-26(41)13-4-19-15-21(30)7-12-25(19)39-17-33-37-38-39/h4-9,12-13,15,17-18,23-24,40H,2-3,10-11,14,16H2,1H3,(H,32,36)(H,34,42)(H,35,41)/t18?,23?,24?,29-/m0/s1. The first-order chi connectivity index (χ1) is 20.7. The second-order valence-electron chi connectivity index (χ2n) is 10.6. The first-order valence-electron chi connectivity index (χ1n) is 13.9. The highest BCUT2D eigenvalue weighted by Gasteiger charge is 2.38. The van der Waals surface area contributed by atoms with Gasteiger partial charge in [-0.25, -0.2) is 4.79 Å². The lowest BCUT2D eigenvalue weighted by Gasteiger charge is -2.30. The minimum atomic E-state index is -1.03. The number of benzene rings is 2. The third-order valence-electron chi connectivity index (χ3n) is 7.60. The van der Waals surface area contributed by atoms with Crippen LogP contribution in [0.25, 0.3) is 11.8 Å². The van der Waals surface area contributed by atoms with Crippen LogP contribution in [0.1, 0.15) is 43.2 Å². The number of nitrogens with one attached hydrogen (secondary N) is 3. The largest absolute Gasteiger partial charge is 0.453 e. The van der Waals surface area contributed by atoms with E-state index in [0.717, 1.165) is 31.2 Å². The molecule has 14 heteroatoms. The number of hydrogen-bond acceptors (Lipinski definition) is 9. The van der Waals surface area contributed by atoms with E-state index in [-0.39, 0.29) is 18.6 Å². The third-order valence-corrected chi connectivity index (χ3v) is 8.27. The molecule has 0 saturated heterocycles. The second kappa shape index (κ2) is 13.5. The van der Waals surface area contributed by atoms with Gasteiger partial charge >= 0.3 is 6.09 Å². The average molecular weight is 628 g/mol. The molecule has 1 aromatic heterocycles. The first-order valence-corrected chi connectivity index (χ1v) is 14.6. The molecule has 2 amide bonds. The lowest BCUT2D eigenvalue weighted by Crippen LogP contribution is -2.49. The summed E-state index contributed by atoms with van der Waals surface area (Å²) in [7, 11) is 1.30. The minimum Gasteiger partial charge on any atom is -0.453 e. The van der Waals surface area contributed by atoms with Crippen LogP contribution in [-0.4, -0.2) is 69.0 Å². The summed E-state index contributed by atoms with van der Waals surface area (Å²) in [6.07, 6.45) is 7.51. The number of amides is 2. The van der Waals surface area contributed by atoms with Crippen LogP contribution in [0.4, 0.5) is 10.5 Å². The number of aliphatic hydroxyl groups is 1. The third kappa shape index (κ3) is 7.70. The molecular formula is C29H32Cl2N8O4. The van der Waals surface area contributed by atoms with E-state index in [1.807, 2.05) is 0 Å². The number of ether oxygens (including phenoxy) is 1. The number of hydrogen-bond donors (Lipinski definition) is 4. The fourth-order valence-electron chi connectivity index (χ4n) is 5.30. The number of amidine groups is 1. The van der Waals surface area contributed by atoms with E-state index in [1.165, 1.54) is 24.2 Å². The van der Waals surface area contributed by atoms with Gasteiger partial charge in [0.25, 0.3) is 0 Å². The molecule has 12 nitrogen and oxygen atoms in total. The minimum absolute atomic E-state index is 0.247. The molecule has 4 N–H and O–H groups in total. The Balaban J connectivity index is 1.31. The summed E-state index contributed by atoms with van der Waals surface area (Å²) >= 11 is 13.2. The van der Waals surface area contributed by atoms with Gasteiger partial charge in [0.15, 0.2) is 5.00 Å². The molecule has 1 aliphatic heterocycles. The van der Waals surface area contributed by atoms with Crippen molar-refractivity contribution < 1.29 is 19.4 Å². The van der Waals surface area contributed by atoms with Gasteiger partial charge in [0.05, 0.1) is 31.5 Å². The summed E-state index contributed by atoms with van der Waals surface area (Å²) in [5, 5.41) is 30.9. The lowest BCUT2D eigenvalue weighted by molar-refractivity contribution is -0.116. The molecule has 1 aliphatic carbocycles. The van der Waals surface area contributed by atoms with Crippen LogP contribution in [0.2, 0.25) is 5.02 Å². The number of aliphatic imine (C=N–C) groups is 1. The van der Waals surface area contributed by atoms with Gasteiger partial charge in [-0.05, 0) is 90.4 Å². The van der Waals surface area contributed by atoms with E-state index in [9.17, 15) is 14.7 Å². The van der Waals surface area contributed by atoms with Gasteiger partial charge in [0.1, 0.15) is 12.2 Å². The molecule has 3 aromatic rings. The number of alkyl halides is 1. The number of carbonyl (C=O) groups excluding carboxylic acids is 2. The quantitative estimate of drug-likeness (QED) is 0.158. The van der Waals surface area contributed by atoms with Crippen LogP contribution in [0.3, 0.4) is 0 Å². The molecule has 2 aliphatic rings. The number of anilines is 1. The molecular weight excluding hydrogens is 595 g/mol. The highest BCUT2D eigenvalue weighted by atomic mass is 35.5. The summed E-state index contributed by atoms with van der Waals surface area (Å²) in [5.41, 5.74) is 2.64. The Labute approximate surface area is 258 Å². The van der Waals surface area contributed by atoms with Crippen molar-refractivity contribution in [1.29, 1.82) is 0 Å². The fraction of sp³-hybridized carbons (Fsp3) is 0.379. The Morgan fingerprint density at radius 3 is 2.67 bits per heavy atom. The average Bonchev–Trinajstić information content (AvgIpc) is 3.68. The van der Waals surface area contributed by atoms with Crippen LogP contribution in [-0.2, 0) is 14.5 Å². The van der Waals surface area contributed by atoms with Gasteiger partial charge in [-0.15, -0.1) is 5.10 Å². The van der Waals surface area contributed by atoms with Crippen LogP contribution >= 0.6 is 23.2 Å². The number of nitrogens with zero attached hydrogens (tertiary/aromatic N) is 5. The Kier molecular flexibility index (Phi) is 9.59. The molecule has 1 fully saturated rings. The van der Waals surface area contributed by atoms with Crippen molar-refractivity contribution in [2.24, 2.45) is 10.9 Å². The summed E-state index contributed by atoms with van der Waals surface area (Å²) in [5.74, 6) is 0.561. The smallest absolute Gasteiger partial charge is 0.411 e. The molecule has 2 heterocycles. The van der Waals surface area contributed by atoms with Gasteiger partial charge in [0, 0.05) is 22.3 Å². The SMILES string of the molecule is COC(=O)Nc1ccc([C@]2(Cl)CN=C(C(CC3CCC(O)CC3)NC(=O)C=Cc3cc(Cl)ccc3-n3cnnn3)N2)cc1. The van der Waals surface area contributed by atoms with Crippen LogP contribution in [0, 0.1) is 5.92 Å². The predicted octanol–water partition coefficient (Wildman–Crippen LogP) is 4.03. The molecule has 0 radical (unpaired) electrons. The number of aromatic nitrogens is 4.